The van der Waals surface area contributed by atoms with Crippen LogP contribution in [0.2, 0.25) is 0 Å². The summed E-state index contributed by atoms with van der Waals surface area (Å²) >= 11 is 0. The molecule has 0 aromatic rings. The molecule has 0 amide bonds. The lowest BCUT2D eigenvalue weighted by Crippen LogP contribution is -2.52. The van der Waals surface area contributed by atoms with Crippen LogP contribution in [0.5, 0.6) is 0 Å². The van der Waals surface area contributed by atoms with Gasteiger partial charge in [-0.15, -0.1) is 0 Å². The number of hydrogen-bond acceptors (Lipinski definition) is 3. The average molecular weight is 320 g/mol. The van der Waals surface area contributed by atoms with Gasteiger partial charge in [0.25, 0.3) is 0 Å². The molecule has 4 nitrogen and oxygen atoms in total. The van der Waals surface area contributed by atoms with Gasteiger partial charge in [0.1, 0.15) is 11.6 Å². The highest BCUT2D eigenvalue weighted by Crippen LogP contribution is 2.61. The van der Waals surface area contributed by atoms with Gasteiger partial charge in [-0.25, -0.2) is 0 Å². The van der Waals surface area contributed by atoms with Crippen molar-refractivity contribution in [1.29, 1.82) is 0 Å². The molecule has 5 atom stereocenters. The first kappa shape index (κ1) is 16.7. The molecule has 0 bridgehead atoms. The largest absolute Gasteiger partial charge is 0.481 e. The summed E-state index contributed by atoms with van der Waals surface area (Å²) in [5, 5.41) is 8.89. The van der Waals surface area contributed by atoms with Crippen molar-refractivity contribution in [3.8, 4) is 0 Å². The topological polar surface area (TPSA) is 71.4 Å². The first-order valence-corrected chi connectivity index (χ1v) is 9.07. The minimum Gasteiger partial charge on any atom is -0.481 e. The summed E-state index contributed by atoms with van der Waals surface area (Å²) in [5.41, 5.74) is -0.547. The van der Waals surface area contributed by atoms with Crippen LogP contribution < -0.4 is 0 Å². The van der Waals surface area contributed by atoms with E-state index in [9.17, 15) is 14.4 Å². The number of hydrogen-bond donors (Lipinski definition) is 1. The lowest BCUT2D eigenvalue weighted by atomic mass is 9.49. The smallest absolute Gasteiger partial charge is 0.303 e. The van der Waals surface area contributed by atoms with Gasteiger partial charge in [-0.05, 0) is 56.3 Å². The molecule has 0 saturated heterocycles. The maximum atomic E-state index is 12.7. The minimum absolute atomic E-state index is 0.139. The van der Waals surface area contributed by atoms with Crippen molar-refractivity contribution in [1.82, 2.24) is 0 Å². The molecular formula is C19H28O4. The maximum absolute atomic E-state index is 12.7. The van der Waals surface area contributed by atoms with Crippen LogP contribution in [0.3, 0.4) is 0 Å². The molecular weight excluding hydrogens is 292 g/mol. The fraction of sp³-hybridized carbons (Fsp3) is 0.842. The zero-order chi connectivity index (χ0) is 16.8. The van der Waals surface area contributed by atoms with Crippen molar-refractivity contribution in [2.75, 3.05) is 0 Å². The van der Waals surface area contributed by atoms with E-state index in [1.54, 1.807) is 0 Å². The van der Waals surface area contributed by atoms with E-state index in [0.717, 1.165) is 25.7 Å². The number of ketones is 2. The lowest BCUT2D eigenvalue weighted by molar-refractivity contribution is -0.148. The summed E-state index contributed by atoms with van der Waals surface area (Å²) < 4.78 is 0. The van der Waals surface area contributed by atoms with Crippen LogP contribution in [0.15, 0.2) is 0 Å². The predicted octanol–water partition coefficient (Wildman–Crippen LogP) is 3.62. The Kier molecular flexibility index (Phi) is 4.14. The fourth-order valence-electron chi connectivity index (χ4n) is 5.97. The van der Waals surface area contributed by atoms with Crippen LogP contribution >= 0.6 is 0 Å². The van der Waals surface area contributed by atoms with E-state index in [1.807, 2.05) is 0 Å². The monoisotopic (exact) mass is 320 g/mol. The van der Waals surface area contributed by atoms with Crippen molar-refractivity contribution in [2.24, 2.45) is 28.6 Å². The van der Waals surface area contributed by atoms with Crippen LogP contribution in [-0.4, -0.2) is 22.6 Å². The number of aliphatic carboxylic acids is 1. The molecule has 3 aliphatic carbocycles. The van der Waals surface area contributed by atoms with Crippen molar-refractivity contribution in [2.45, 2.75) is 71.6 Å². The summed E-state index contributed by atoms with van der Waals surface area (Å²) in [6, 6.07) is 0. The number of fused-ring (bicyclic) bond motifs is 3. The molecule has 0 aromatic heterocycles. The minimum atomic E-state index is -0.786. The van der Waals surface area contributed by atoms with Gasteiger partial charge in [-0.1, -0.05) is 13.8 Å². The predicted molar refractivity (Wildman–Crippen MR) is 85.9 cm³/mol. The van der Waals surface area contributed by atoms with Gasteiger partial charge >= 0.3 is 5.97 Å². The van der Waals surface area contributed by atoms with E-state index < -0.39 is 5.97 Å². The van der Waals surface area contributed by atoms with E-state index >= 15 is 0 Å². The van der Waals surface area contributed by atoms with Gasteiger partial charge in [0.15, 0.2) is 0 Å². The Bertz CT molecular complexity index is 539. The SMILES string of the molecule is C[C@]1(CCCC(=O)O)C(=O)CC[C@@H]2[C@@H]1CC[C@]1(C)C(=O)CC[C@@H]21. The molecule has 0 aromatic carbocycles. The molecule has 128 valence electrons. The number of rotatable bonds is 4. The Morgan fingerprint density at radius 1 is 1.09 bits per heavy atom. The highest BCUT2D eigenvalue weighted by Gasteiger charge is 2.59. The lowest BCUT2D eigenvalue weighted by Gasteiger charge is -2.54. The average Bonchev–Trinajstić information content (AvgIpc) is 2.79. The van der Waals surface area contributed by atoms with Crippen LogP contribution in [0.1, 0.15) is 71.6 Å². The van der Waals surface area contributed by atoms with E-state index in [-0.39, 0.29) is 17.3 Å². The fourth-order valence-corrected chi connectivity index (χ4v) is 5.97. The summed E-state index contributed by atoms with van der Waals surface area (Å²) in [6.45, 7) is 4.20. The third-order valence-electron chi connectivity index (χ3n) is 7.39. The van der Waals surface area contributed by atoms with E-state index in [1.165, 1.54) is 0 Å². The number of carbonyl (C=O) groups is 3. The van der Waals surface area contributed by atoms with Gasteiger partial charge in [-0.3, -0.25) is 14.4 Å². The van der Waals surface area contributed by atoms with Crippen molar-refractivity contribution < 1.29 is 19.5 Å². The number of carboxylic acids is 1. The van der Waals surface area contributed by atoms with Crippen molar-refractivity contribution >= 4 is 17.5 Å². The highest BCUT2D eigenvalue weighted by molar-refractivity contribution is 5.88. The Hall–Kier alpha value is -1.19. The highest BCUT2D eigenvalue weighted by atomic mass is 16.4. The zero-order valence-electron chi connectivity index (χ0n) is 14.3. The summed E-state index contributed by atoms with van der Waals surface area (Å²) in [7, 11) is 0. The maximum Gasteiger partial charge on any atom is 0.303 e. The molecule has 4 heteroatoms. The quantitative estimate of drug-likeness (QED) is 0.858. The number of carboxylic acid groups (broad SMARTS) is 1. The van der Waals surface area contributed by atoms with Gasteiger partial charge in [0, 0.05) is 30.1 Å². The molecule has 3 aliphatic rings. The number of Topliss-reactive ketones (excluding diaryl/α,β-unsaturated/α-hetero) is 2. The van der Waals surface area contributed by atoms with Gasteiger partial charge in [-0.2, -0.15) is 0 Å². The Morgan fingerprint density at radius 2 is 1.78 bits per heavy atom. The third-order valence-corrected chi connectivity index (χ3v) is 7.39. The first-order valence-electron chi connectivity index (χ1n) is 9.07. The molecule has 3 saturated carbocycles. The molecule has 0 heterocycles. The Labute approximate surface area is 138 Å². The van der Waals surface area contributed by atoms with Crippen molar-refractivity contribution in [3.05, 3.63) is 0 Å². The molecule has 0 radical (unpaired) electrons. The standard InChI is InChI=1S/C19H28O4/c1-18(10-3-4-17(22)23)14-9-11-19(2)13(6-8-16(19)21)12(14)5-7-15(18)20/h12-14H,3-11H2,1-2H3,(H,22,23)/t12-,13-,14-,18+,19-/m0/s1. The van der Waals surface area contributed by atoms with E-state index in [2.05, 4.69) is 13.8 Å². The Morgan fingerprint density at radius 3 is 2.48 bits per heavy atom. The van der Waals surface area contributed by atoms with E-state index in [4.69, 9.17) is 5.11 Å². The summed E-state index contributed by atoms with van der Waals surface area (Å²) in [4.78, 5) is 35.8. The normalized spacial score (nSPS) is 43.1. The van der Waals surface area contributed by atoms with Gasteiger partial charge in [0.2, 0.25) is 0 Å². The molecule has 0 unspecified atom stereocenters. The summed E-state index contributed by atoms with van der Waals surface area (Å²) in [5.74, 6) is 1.18. The van der Waals surface area contributed by atoms with E-state index in [0.29, 0.717) is 55.0 Å². The second kappa shape index (κ2) is 5.71. The first-order chi connectivity index (χ1) is 10.8. The number of carbonyl (C=O) groups excluding carboxylic acids is 2. The molecule has 23 heavy (non-hydrogen) atoms. The second-order valence-electron chi connectivity index (χ2n) is 8.42. The van der Waals surface area contributed by atoms with Crippen LogP contribution in [-0.2, 0) is 14.4 Å². The van der Waals surface area contributed by atoms with Crippen LogP contribution in [0, 0.1) is 28.6 Å². The molecule has 0 aliphatic heterocycles. The molecule has 3 fully saturated rings. The van der Waals surface area contributed by atoms with Gasteiger partial charge < -0.3 is 5.11 Å². The molecule has 1 N–H and O–H groups in total. The second-order valence-corrected chi connectivity index (χ2v) is 8.42. The summed E-state index contributed by atoms with van der Waals surface area (Å²) in [6.07, 6.45) is 6.44. The Balaban J connectivity index is 1.81. The van der Waals surface area contributed by atoms with Gasteiger partial charge in [0.05, 0.1) is 0 Å². The zero-order valence-corrected chi connectivity index (χ0v) is 14.3. The third kappa shape index (κ3) is 2.54. The molecule has 0 spiro atoms. The van der Waals surface area contributed by atoms with Crippen LogP contribution in [0.25, 0.3) is 0 Å². The molecule has 3 rings (SSSR count). The van der Waals surface area contributed by atoms with Crippen LogP contribution in [0.4, 0.5) is 0 Å². The van der Waals surface area contributed by atoms with Crippen molar-refractivity contribution in [3.63, 3.8) is 0 Å².